The first kappa shape index (κ1) is 37.9. The number of carbonyl (C=O) groups excluding carboxylic acids is 5. The zero-order valence-electron chi connectivity index (χ0n) is 29.5. The first-order valence-corrected chi connectivity index (χ1v) is 19.3. The third-order valence-corrected chi connectivity index (χ3v) is 11.6. The molecule has 2 heterocycles. The second-order valence-electron chi connectivity index (χ2n) is 12.6. The largest absolute Gasteiger partial charge is 0.425 e. The number of fused-ring (bicyclic) bond motifs is 1. The quantitative estimate of drug-likeness (QED) is 0.0654. The van der Waals surface area contributed by atoms with E-state index in [2.05, 4.69) is 13.8 Å². The van der Waals surface area contributed by atoms with Crippen LogP contribution in [0, 0.1) is 11.8 Å². The van der Waals surface area contributed by atoms with Gasteiger partial charge in [-0.15, -0.1) is 0 Å². The third-order valence-electron chi connectivity index (χ3n) is 9.02. The number of hydrogen-bond acceptors (Lipinski definition) is 9. The van der Waals surface area contributed by atoms with Gasteiger partial charge >= 0.3 is 18.0 Å². The molecule has 3 aromatic carbocycles. The van der Waals surface area contributed by atoms with Crippen LogP contribution in [0.3, 0.4) is 0 Å². The number of thioether (sulfide) groups is 2. The molecule has 268 valence electrons. The molecule has 5 rings (SSSR count). The van der Waals surface area contributed by atoms with Crippen LogP contribution in [0.15, 0.2) is 92.4 Å². The van der Waals surface area contributed by atoms with E-state index in [1.54, 1.807) is 54.6 Å². The summed E-state index contributed by atoms with van der Waals surface area (Å²) < 4.78 is 12.3. The summed E-state index contributed by atoms with van der Waals surface area (Å²) in [4.78, 5) is 72.2. The zero-order chi connectivity index (χ0) is 36.5. The molecule has 0 saturated carbocycles. The van der Waals surface area contributed by atoms with Crippen LogP contribution in [0.5, 0.6) is 11.5 Å². The van der Waals surface area contributed by atoms with Crippen LogP contribution in [0.2, 0.25) is 0 Å². The fourth-order valence-electron chi connectivity index (χ4n) is 5.97. The first-order valence-electron chi connectivity index (χ1n) is 17.7. The Balaban J connectivity index is 1.58. The number of urea groups is 1. The number of benzene rings is 3. The lowest BCUT2D eigenvalue weighted by molar-refractivity contribution is -0.140. The fraction of sp³-hybridized carbons (Fsp3) is 0.375. The number of anilines is 1. The molecule has 4 amide bonds. The van der Waals surface area contributed by atoms with E-state index in [4.69, 9.17) is 9.47 Å². The van der Waals surface area contributed by atoms with E-state index in [0.29, 0.717) is 51.0 Å². The molecule has 2 aliphatic rings. The number of hydrogen-bond donors (Lipinski definition) is 0. The van der Waals surface area contributed by atoms with Crippen molar-refractivity contribution in [2.75, 3.05) is 4.90 Å². The third kappa shape index (κ3) is 8.59. The minimum atomic E-state index is -0.767. The molecule has 1 fully saturated rings. The van der Waals surface area contributed by atoms with E-state index in [1.165, 1.54) is 0 Å². The van der Waals surface area contributed by atoms with Gasteiger partial charge in [0.2, 0.25) is 0 Å². The molecular formula is C40H44N2O7S2. The van der Waals surface area contributed by atoms with Crippen molar-refractivity contribution in [3.8, 4) is 11.5 Å². The molecule has 51 heavy (non-hydrogen) atoms. The highest BCUT2D eigenvalue weighted by Crippen LogP contribution is 2.59. The van der Waals surface area contributed by atoms with Gasteiger partial charge in [0.15, 0.2) is 0 Å². The van der Waals surface area contributed by atoms with Gasteiger partial charge in [-0.1, -0.05) is 125 Å². The van der Waals surface area contributed by atoms with Crippen molar-refractivity contribution >= 4 is 59.0 Å². The van der Waals surface area contributed by atoms with Gasteiger partial charge < -0.3 is 9.47 Å². The van der Waals surface area contributed by atoms with Crippen molar-refractivity contribution < 1.29 is 33.4 Å². The second-order valence-corrected chi connectivity index (χ2v) is 14.9. The van der Waals surface area contributed by atoms with E-state index in [0.717, 1.165) is 59.0 Å². The molecule has 0 bridgehead atoms. The minimum Gasteiger partial charge on any atom is -0.425 e. The number of amides is 4. The molecule has 0 spiro atoms. The molecule has 2 unspecified atom stereocenters. The van der Waals surface area contributed by atoms with Crippen LogP contribution in [0.1, 0.15) is 84.6 Å². The van der Waals surface area contributed by atoms with Crippen molar-refractivity contribution in [3.05, 3.63) is 88.2 Å². The van der Waals surface area contributed by atoms with Crippen LogP contribution in [0.4, 0.5) is 10.5 Å². The number of esters is 2. The number of para-hydroxylation sites is 1. The Morgan fingerprint density at radius 3 is 1.63 bits per heavy atom. The minimum absolute atomic E-state index is 0.0494. The van der Waals surface area contributed by atoms with Crippen LogP contribution in [-0.4, -0.2) is 34.7 Å². The Labute approximate surface area is 308 Å². The Morgan fingerprint density at radius 1 is 0.667 bits per heavy atom. The highest BCUT2D eigenvalue weighted by Gasteiger charge is 2.46. The highest BCUT2D eigenvalue weighted by atomic mass is 32.2. The SMILES string of the molecule is CCCCC(CC)C(=O)Oc1ccc(OC(=O)C(CC)CCCC)c2c1SC(=C1C(=O)N(Cc3ccccc3)C(=O)N(c3ccccc3)C1=O)S2. The summed E-state index contributed by atoms with van der Waals surface area (Å²) in [5, 5.41) is 0. The van der Waals surface area contributed by atoms with Gasteiger partial charge in [0.25, 0.3) is 11.8 Å². The first-order chi connectivity index (χ1) is 24.7. The maximum absolute atomic E-state index is 14.3. The van der Waals surface area contributed by atoms with E-state index in [-0.39, 0.29) is 47.4 Å². The van der Waals surface area contributed by atoms with Gasteiger partial charge in [-0.05, 0) is 55.5 Å². The molecular weight excluding hydrogens is 685 g/mol. The fourth-order valence-corrected chi connectivity index (χ4v) is 8.62. The summed E-state index contributed by atoms with van der Waals surface area (Å²) in [7, 11) is 0. The predicted octanol–water partition coefficient (Wildman–Crippen LogP) is 9.54. The smallest absolute Gasteiger partial charge is 0.338 e. The Kier molecular flexibility index (Phi) is 13.2. The number of unbranched alkanes of at least 4 members (excludes halogenated alkanes) is 2. The van der Waals surface area contributed by atoms with Gasteiger partial charge in [-0.25, -0.2) is 9.69 Å². The van der Waals surface area contributed by atoms with Crippen molar-refractivity contribution in [1.82, 2.24) is 4.90 Å². The molecule has 2 atom stereocenters. The van der Waals surface area contributed by atoms with E-state index < -0.39 is 17.8 Å². The topological polar surface area (TPSA) is 110 Å². The van der Waals surface area contributed by atoms with Crippen molar-refractivity contribution in [2.24, 2.45) is 11.8 Å². The number of nitrogens with zero attached hydrogens (tertiary/aromatic N) is 2. The van der Waals surface area contributed by atoms with Crippen LogP contribution in [-0.2, 0) is 25.7 Å². The number of ether oxygens (including phenoxy) is 2. The number of imide groups is 2. The van der Waals surface area contributed by atoms with Crippen molar-refractivity contribution in [1.29, 1.82) is 0 Å². The molecule has 0 aliphatic carbocycles. The van der Waals surface area contributed by atoms with Crippen LogP contribution >= 0.6 is 23.5 Å². The van der Waals surface area contributed by atoms with Crippen molar-refractivity contribution in [3.63, 3.8) is 0 Å². The molecule has 2 aliphatic heterocycles. The lowest BCUT2D eigenvalue weighted by Crippen LogP contribution is -2.56. The van der Waals surface area contributed by atoms with Gasteiger partial charge in [0, 0.05) is 0 Å². The summed E-state index contributed by atoms with van der Waals surface area (Å²) in [6.07, 6.45) is 6.30. The normalized spacial score (nSPS) is 15.6. The van der Waals surface area contributed by atoms with Gasteiger partial charge in [-0.2, -0.15) is 0 Å². The Morgan fingerprint density at radius 2 is 1.16 bits per heavy atom. The molecule has 3 aromatic rings. The maximum atomic E-state index is 14.3. The van der Waals surface area contributed by atoms with E-state index in [1.807, 2.05) is 32.0 Å². The van der Waals surface area contributed by atoms with Crippen molar-refractivity contribution in [2.45, 2.75) is 95.4 Å². The molecule has 0 aromatic heterocycles. The van der Waals surface area contributed by atoms with Gasteiger partial charge in [-0.3, -0.25) is 24.1 Å². The monoisotopic (exact) mass is 728 g/mol. The number of carbonyl (C=O) groups is 5. The standard InChI is InChI=1S/C40H44N2O7S2/c1-5-9-19-27(7-3)37(45)48-30-23-24-31(49-38(46)28(8-4)20-10-6-2)34-33(30)50-39(51-34)32-35(43)41(25-26-17-13-11-14-18-26)40(47)42(36(32)44)29-21-15-12-16-22-29/h11-18,21-24,27-28H,5-10,19-20,25H2,1-4H3. The molecule has 0 radical (unpaired) electrons. The average molecular weight is 729 g/mol. The summed E-state index contributed by atoms with van der Waals surface area (Å²) in [5.41, 5.74) is 0.839. The Hall–Kier alpha value is -4.35. The summed E-state index contributed by atoms with van der Waals surface area (Å²) >= 11 is 2.20. The lowest BCUT2D eigenvalue weighted by Gasteiger charge is -2.34. The molecule has 0 N–H and O–H groups in total. The van der Waals surface area contributed by atoms with E-state index >= 15 is 0 Å². The summed E-state index contributed by atoms with van der Waals surface area (Å²) in [6.45, 7) is 7.99. The highest BCUT2D eigenvalue weighted by molar-refractivity contribution is 8.25. The van der Waals surface area contributed by atoms with Crippen LogP contribution < -0.4 is 14.4 Å². The van der Waals surface area contributed by atoms with Gasteiger partial charge in [0.05, 0.1) is 38.1 Å². The maximum Gasteiger partial charge on any atom is 0.338 e. The summed E-state index contributed by atoms with van der Waals surface area (Å²) in [6, 6.07) is 20.0. The number of barbiturate groups is 1. The second kappa shape index (κ2) is 17.7. The number of rotatable bonds is 15. The van der Waals surface area contributed by atoms with Crippen LogP contribution in [0.25, 0.3) is 0 Å². The Bertz CT molecular complexity index is 1730. The lowest BCUT2D eigenvalue weighted by atomic mass is 10.00. The molecule has 1 saturated heterocycles. The van der Waals surface area contributed by atoms with E-state index in [9.17, 15) is 24.0 Å². The summed E-state index contributed by atoms with van der Waals surface area (Å²) in [5.74, 6) is -2.32. The molecule has 11 heteroatoms. The molecule has 9 nitrogen and oxygen atoms in total. The average Bonchev–Trinajstić information content (AvgIpc) is 3.58. The van der Waals surface area contributed by atoms with Gasteiger partial charge in [0.1, 0.15) is 17.1 Å². The predicted molar refractivity (Wildman–Crippen MR) is 199 cm³/mol. The zero-order valence-corrected chi connectivity index (χ0v) is 31.1.